The highest BCUT2D eigenvalue weighted by atomic mass is 16.5. The van der Waals surface area contributed by atoms with Crippen LogP contribution >= 0.6 is 0 Å². The summed E-state index contributed by atoms with van der Waals surface area (Å²) in [5.41, 5.74) is 2.38. The number of aryl methyl sites for hydroxylation is 2. The Bertz CT molecular complexity index is 794. The molecule has 0 unspecified atom stereocenters. The van der Waals surface area contributed by atoms with Crippen molar-refractivity contribution in [3.63, 3.8) is 0 Å². The lowest BCUT2D eigenvalue weighted by atomic mass is 10.1. The Kier molecular flexibility index (Phi) is 6.36. The summed E-state index contributed by atoms with van der Waals surface area (Å²) in [7, 11) is 0. The molecule has 0 aliphatic rings. The van der Waals surface area contributed by atoms with Gasteiger partial charge in [-0.15, -0.1) is 0 Å². The molecule has 0 bridgehead atoms. The van der Waals surface area contributed by atoms with Crippen molar-refractivity contribution >= 4 is 12.0 Å². The summed E-state index contributed by atoms with van der Waals surface area (Å²) in [4.78, 5) is 12.3. The molecule has 4 nitrogen and oxygen atoms in total. The van der Waals surface area contributed by atoms with Gasteiger partial charge in [0, 0.05) is 0 Å². The zero-order valence-corrected chi connectivity index (χ0v) is 14.7. The molecular weight excluding hydrogens is 314 g/mol. The molecule has 0 radical (unpaired) electrons. The Morgan fingerprint density at radius 1 is 1.12 bits per heavy atom. The van der Waals surface area contributed by atoms with Gasteiger partial charge in [0.25, 0.3) is 0 Å². The Morgan fingerprint density at radius 3 is 2.32 bits per heavy atom. The summed E-state index contributed by atoms with van der Waals surface area (Å²) in [6.07, 6.45) is 2.45. The Hall–Kier alpha value is -3.06. The van der Waals surface area contributed by atoms with Crippen LogP contribution in [0.1, 0.15) is 30.0 Å². The summed E-state index contributed by atoms with van der Waals surface area (Å²) >= 11 is 0. The van der Waals surface area contributed by atoms with E-state index in [0.717, 1.165) is 28.9 Å². The first kappa shape index (κ1) is 18.3. The summed E-state index contributed by atoms with van der Waals surface area (Å²) in [6.45, 7) is 6.42. The van der Waals surface area contributed by atoms with Crippen molar-refractivity contribution in [1.29, 1.82) is 5.26 Å². The van der Waals surface area contributed by atoms with E-state index in [1.54, 1.807) is 12.1 Å². The van der Waals surface area contributed by atoms with Crippen LogP contribution in [-0.2, 0) is 4.79 Å². The fraction of sp³-hybridized carbons (Fsp3) is 0.238. The largest absolute Gasteiger partial charge is 0.494 e. The third-order valence-corrected chi connectivity index (χ3v) is 3.61. The molecule has 25 heavy (non-hydrogen) atoms. The van der Waals surface area contributed by atoms with Crippen LogP contribution in [0.15, 0.2) is 48.0 Å². The molecule has 0 N–H and O–H groups in total. The molecule has 0 aliphatic heterocycles. The Labute approximate surface area is 148 Å². The van der Waals surface area contributed by atoms with Crippen LogP contribution in [0.25, 0.3) is 6.08 Å². The number of carbonyl (C=O) groups excluding carboxylic acids is 1. The molecule has 2 aromatic carbocycles. The smallest absolute Gasteiger partial charge is 0.354 e. The zero-order chi connectivity index (χ0) is 18.2. The minimum Gasteiger partial charge on any atom is -0.494 e. The molecule has 0 aliphatic carbocycles. The lowest BCUT2D eigenvalue weighted by Crippen LogP contribution is -2.11. The fourth-order valence-corrected chi connectivity index (χ4v) is 2.29. The first-order valence-electron chi connectivity index (χ1n) is 8.18. The van der Waals surface area contributed by atoms with E-state index in [1.807, 2.05) is 57.2 Å². The Morgan fingerprint density at radius 2 is 1.76 bits per heavy atom. The fourth-order valence-electron chi connectivity index (χ4n) is 2.29. The predicted octanol–water partition coefficient (Wildman–Crippen LogP) is 4.60. The second kappa shape index (κ2) is 8.70. The van der Waals surface area contributed by atoms with E-state index in [-0.39, 0.29) is 5.57 Å². The van der Waals surface area contributed by atoms with Gasteiger partial charge in [0.05, 0.1) is 6.61 Å². The van der Waals surface area contributed by atoms with Gasteiger partial charge < -0.3 is 9.47 Å². The summed E-state index contributed by atoms with van der Waals surface area (Å²) in [6, 6.07) is 14.8. The first-order chi connectivity index (χ1) is 12.0. The number of para-hydroxylation sites is 1. The van der Waals surface area contributed by atoms with Crippen LogP contribution in [0, 0.1) is 25.2 Å². The minimum absolute atomic E-state index is 0.0510. The quantitative estimate of drug-likeness (QED) is 0.335. The number of hydrogen-bond donors (Lipinski definition) is 0. The van der Waals surface area contributed by atoms with Gasteiger partial charge in [-0.25, -0.2) is 4.79 Å². The number of hydrogen-bond acceptors (Lipinski definition) is 4. The van der Waals surface area contributed by atoms with Crippen molar-refractivity contribution in [3.05, 3.63) is 64.7 Å². The number of rotatable bonds is 6. The molecule has 4 heteroatoms. The van der Waals surface area contributed by atoms with Gasteiger partial charge in [0.15, 0.2) is 0 Å². The number of nitrogens with zero attached hydrogens (tertiary/aromatic N) is 1. The second-order valence-electron chi connectivity index (χ2n) is 5.70. The molecule has 2 rings (SSSR count). The molecule has 2 aromatic rings. The summed E-state index contributed by atoms with van der Waals surface area (Å²) in [5, 5.41) is 9.30. The van der Waals surface area contributed by atoms with Gasteiger partial charge in [0.1, 0.15) is 23.1 Å². The minimum atomic E-state index is -0.661. The number of carbonyl (C=O) groups is 1. The lowest BCUT2D eigenvalue weighted by molar-refractivity contribution is -0.129. The van der Waals surface area contributed by atoms with Crippen LogP contribution in [-0.4, -0.2) is 12.6 Å². The molecule has 0 amide bonds. The summed E-state index contributed by atoms with van der Waals surface area (Å²) in [5.74, 6) is 0.596. The number of ether oxygens (including phenoxy) is 2. The van der Waals surface area contributed by atoms with Crippen LogP contribution in [0.5, 0.6) is 11.5 Å². The molecule has 0 aromatic heterocycles. The summed E-state index contributed by atoms with van der Waals surface area (Å²) < 4.78 is 10.9. The van der Waals surface area contributed by atoms with Crippen molar-refractivity contribution in [2.75, 3.05) is 6.61 Å². The molecule has 0 fully saturated rings. The van der Waals surface area contributed by atoms with Crippen molar-refractivity contribution in [2.45, 2.75) is 27.2 Å². The van der Waals surface area contributed by atoms with Gasteiger partial charge in [-0.3, -0.25) is 0 Å². The van der Waals surface area contributed by atoms with Gasteiger partial charge in [-0.05, 0) is 55.2 Å². The zero-order valence-electron chi connectivity index (χ0n) is 14.7. The maximum Gasteiger partial charge on any atom is 0.354 e. The number of esters is 1. The topological polar surface area (TPSA) is 59.3 Å². The van der Waals surface area contributed by atoms with Crippen molar-refractivity contribution in [1.82, 2.24) is 0 Å². The average molecular weight is 335 g/mol. The van der Waals surface area contributed by atoms with E-state index >= 15 is 0 Å². The third-order valence-electron chi connectivity index (χ3n) is 3.61. The number of benzene rings is 2. The standard InChI is InChI=1S/C21H21NO3/c1-4-12-24-19-10-8-17(9-11-19)13-18(14-22)21(23)25-20-15(2)6-5-7-16(20)3/h5-11,13H,4,12H2,1-3H3. The van der Waals surface area contributed by atoms with E-state index < -0.39 is 5.97 Å². The highest BCUT2D eigenvalue weighted by molar-refractivity contribution is 5.99. The highest BCUT2D eigenvalue weighted by Gasteiger charge is 2.15. The van der Waals surface area contributed by atoms with Gasteiger partial charge in [-0.2, -0.15) is 5.26 Å². The highest BCUT2D eigenvalue weighted by Crippen LogP contribution is 2.23. The van der Waals surface area contributed by atoms with E-state index in [0.29, 0.717) is 12.4 Å². The average Bonchev–Trinajstić information content (AvgIpc) is 2.62. The monoisotopic (exact) mass is 335 g/mol. The third kappa shape index (κ3) is 4.95. The molecule has 128 valence electrons. The van der Waals surface area contributed by atoms with E-state index in [4.69, 9.17) is 9.47 Å². The van der Waals surface area contributed by atoms with Crippen LogP contribution < -0.4 is 9.47 Å². The SMILES string of the molecule is CCCOc1ccc(C=C(C#N)C(=O)Oc2c(C)cccc2C)cc1. The van der Waals surface area contributed by atoms with Crippen LogP contribution in [0.4, 0.5) is 0 Å². The van der Waals surface area contributed by atoms with Crippen LogP contribution in [0.3, 0.4) is 0 Å². The Balaban J connectivity index is 2.17. The molecule has 0 atom stereocenters. The van der Waals surface area contributed by atoms with Crippen LogP contribution in [0.2, 0.25) is 0 Å². The lowest BCUT2D eigenvalue weighted by Gasteiger charge is -2.09. The molecule has 0 saturated heterocycles. The van der Waals surface area contributed by atoms with Crippen molar-refractivity contribution < 1.29 is 14.3 Å². The maximum atomic E-state index is 12.3. The van der Waals surface area contributed by atoms with E-state index in [1.165, 1.54) is 6.08 Å². The van der Waals surface area contributed by atoms with Gasteiger partial charge in [-0.1, -0.05) is 37.3 Å². The van der Waals surface area contributed by atoms with E-state index in [9.17, 15) is 10.1 Å². The second-order valence-corrected chi connectivity index (χ2v) is 5.70. The number of nitriles is 1. The predicted molar refractivity (Wildman–Crippen MR) is 97.4 cm³/mol. The molecule has 0 saturated carbocycles. The molecule has 0 heterocycles. The van der Waals surface area contributed by atoms with E-state index in [2.05, 4.69) is 0 Å². The first-order valence-corrected chi connectivity index (χ1v) is 8.18. The maximum absolute atomic E-state index is 12.3. The van der Waals surface area contributed by atoms with Crippen molar-refractivity contribution in [3.8, 4) is 17.6 Å². The van der Waals surface area contributed by atoms with Gasteiger partial charge >= 0.3 is 5.97 Å². The molecular formula is C21H21NO3. The van der Waals surface area contributed by atoms with Crippen molar-refractivity contribution in [2.24, 2.45) is 0 Å². The normalized spacial score (nSPS) is 10.9. The molecule has 0 spiro atoms. The van der Waals surface area contributed by atoms with Gasteiger partial charge in [0.2, 0.25) is 0 Å².